The van der Waals surface area contributed by atoms with E-state index in [0.29, 0.717) is 25.4 Å². The number of aliphatic carboxylic acids is 1. The minimum absolute atomic E-state index is 0.0771. The van der Waals surface area contributed by atoms with Gasteiger partial charge in [-0.2, -0.15) is 0 Å². The number of carbonyl (C=O) groups is 2. The van der Waals surface area contributed by atoms with E-state index in [1.807, 2.05) is 12.1 Å². The van der Waals surface area contributed by atoms with Crippen molar-refractivity contribution in [2.45, 2.75) is 25.7 Å². The van der Waals surface area contributed by atoms with Gasteiger partial charge in [-0.05, 0) is 37.3 Å². The quantitative estimate of drug-likeness (QED) is 0.661. The summed E-state index contributed by atoms with van der Waals surface area (Å²) in [4.78, 5) is 28.4. The monoisotopic (exact) mass is 320 g/mol. The van der Waals surface area contributed by atoms with Crippen molar-refractivity contribution in [2.24, 2.45) is 5.92 Å². The fraction of sp³-hybridized carbons (Fsp3) is 0.562. The summed E-state index contributed by atoms with van der Waals surface area (Å²) in [6.45, 7) is 3.01. The molecule has 0 radical (unpaired) electrons. The van der Waals surface area contributed by atoms with Gasteiger partial charge in [-0.1, -0.05) is 0 Å². The third kappa shape index (κ3) is 6.14. The Labute approximate surface area is 136 Å². The van der Waals surface area contributed by atoms with Crippen LogP contribution in [0.2, 0.25) is 0 Å². The smallest absolute Gasteiger partial charge is 0.314 e. The number of rotatable bonds is 7. The number of carbonyl (C=O) groups excluding carboxylic acids is 1. The lowest BCUT2D eigenvalue weighted by molar-refractivity contribution is -0.137. The number of anilines is 1. The van der Waals surface area contributed by atoms with E-state index in [2.05, 4.69) is 20.5 Å². The van der Waals surface area contributed by atoms with Gasteiger partial charge in [0.15, 0.2) is 0 Å². The van der Waals surface area contributed by atoms with Crippen molar-refractivity contribution in [1.29, 1.82) is 0 Å². The van der Waals surface area contributed by atoms with Gasteiger partial charge in [0.2, 0.25) is 0 Å². The maximum atomic E-state index is 11.6. The second-order valence-corrected chi connectivity index (χ2v) is 5.77. The van der Waals surface area contributed by atoms with E-state index in [4.69, 9.17) is 5.11 Å². The highest BCUT2D eigenvalue weighted by atomic mass is 16.4. The molecule has 1 aromatic rings. The Hall–Kier alpha value is -2.31. The van der Waals surface area contributed by atoms with Crippen molar-refractivity contribution in [2.75, 3.05) is 31.1 Å². The molecule has 1 saturated heterocycles. The number of urea groups is 1. The summed E-state index contributed by atoms with van der Waals surface area (Å²) in [5.74, 6) is -0.356. The number of pyridine rings is 1. The van der Waals surface area contributed by atoms with Crippen LogP contribution in [0.3, 0.4) is 0 Å². The lowest BCUT2D eigenvalue weighted by Crippen LogP contribution is -2.42. The maximum absolute atomic E-state index is 11.6. The van der Waals surface area contributed by atoms with Crippen molar-refractivity contribution < 1.29 is 14.7 Å². The molecule has 2 amide bonds. The number of piperidine rings is 1. The van der Waals surface area contributed by atoms with Crippen molar-refractivity contribution in [3.8, 4) is 0 Å². The van der Waals surface area contributed by atoms with E-state index in [0.717, 1.165) is 25.9 Å². The number of nitrogens with one attached hydrogen (secondary N) is 2. The van der Waals surface area contributed by atoms with E-state index in [-0.39, 0.29) is 12.5 Å². The van der Waals surface area contributed by atoms with Crippen molar-refractivity contribution in [1.82, 2.24) is 15.6 Å². The van der Waals surface area contributed by atoms with Gasteiger partial charge >= 0.3 is 12.0 Å². The third-order valence-electron chi connectivity index (χ3n) is 4.05. The topological polar surface area (TPSA) is 94.6 Å². The summed E-state index contributed by atoms with van der Waals surface area (Å²) in [6, 6.07) is 3.82. The fourth-order valence-electron chi connectivity index (χ4n) is 2.69. The standard InChI is InChI=1S/C16H24N4O3/c21-15(22)2-1-7-18-16(23)19-12-13-5-10-20(11-6-13)14-3-8-17-9-4-14/h3-4,8-9,13H,1-2,5-7,10-12H2,(H,21,22)(H2,18,19,23). The molecule has 2 rings (SSSR count). The first-order valence-corrected chi connectivity index (χ1v) is 8.03. The predicted octanol–water partition coefficient (Wildman–Crippen LogP) is 1.46. The van der Waals surface area contributed by atoms with Gasteiger partial charge in [0.25, 0.3) is 0 Å². The second kappa shape index (κ2) is 8.97. The first kappa shape index (κ1) is 17.1. The molecule has 7 heteroatoms. The molecule has 0 aromatic carbocycles. The van der Waals surface area contributed by atoms with Gasteiger partial charge in [-0.3, -0.25) is 9.78 Å². The first-order valence-electron chi connectivity index (χ1n) is 8.03. The van der Waals surface area contributed by atoms with Crippen LogP contribution in [0.15, 0.2) is 24.5 Å². The van der Waals surface area contributed by atoms with Gasteiger partial charge in [0.1, 0.15) is 0 Å². The second-order valence-electron chi connectivity index (χ2n) is 5.77. The highest BCUT2D eigenvalue weighted by molar-refractivity contribution is 5.73. The van der Waals surface area contributed by atoms with Crippen LogP contribution in [-0.2, 0) is 4.79 Å². The summed E-state index contributed by atoms with van der Waals surface area (Å²) in [5.41, 5.74) is 1.20. The van der Waals surface area contributed by atoms with Crippen molar-refractivity contribution in [3.63, 3.8) is 0 Å². The zero-order valence-corrected chi connectivity index (χ0v) is 13.2. The Morgan fingerprint density at radius 1 is 1.22 bits per heavy atom. The number of carboxylic acid groups (broad SMARTS) is 1. The first-order chi connectivity index (χ1) is 11.1. The van der Waals surface area contributed by atoms with E-state index >= 15 is 0 Å². The Morgan fingerprint density at radius 3 is 2.57 bits per heavy atom. The minimum atomic E-state index is -0.840. The molecule has 23 heavy (non-hydrogen) atoms. The molecule has 0 aliphatic carbocycles. The van der Waals surface area contributed by atoms with Gasteiger partial charge in [0, 0.05) is 50.7 Å². The van der Waals surface area contributed by atoms with Crippen LogP contribution in [0.4, 0.5) is 10.5 Å². The molecule has 1 aromatic heterocycles. The number of aromatic nitrogens is 1. The van der Waals surface area contributed by atoms with E-state index in [1.165, 1.54) is 5.69 Å². The lowest BCUT2D eigenvalue weighted by atomic mass is 9.96. The molecule has 0 spiro atoms. The predicted molar refractivity (Wildman–Crippen MR) is 87.4 cm³/mol. The molecule has 0 saturated carbocycles. The Balaban J connectivity index is 1.59. The summed E-state index contributed by atoms with van der Waals surface area (Å²) in [7, 11) is 0. The molecule has 2 heterocycles. The van der Waals surface area contributed by atoms with Crippen LogP contribution in [0.25, 0.3) is 0 Å². The minimum Gasteiger partial charge on any atom is -0.481 e. The van der Waals surface area contributed by atoms with E-state index in [1.54, 1.807) is 12.4 Å². The van der Waals surface area contributed by atoms with Gasteiger partial charge in [-0.15, -0.1) is 0 Å². The van der Waals surface area contributed by atoms with Gasteiger partial charge in [-0.25, -0.2) is 4.79 Å². The van der Waals surface area contributed by atoms with Gasteiger partial charge < -0.3 is 20.6 Å². The van der Waals surface area contributed by atoms with E-state index in [9.17, 15) is 9.59 Å². The molecule has 0 unspecified atom stereocenters. The summed E-state index contributed by atoms with van der Waals surface area (Å²) in [6.07, 6.45) is 6.22. The van der Waals surface area contributed by atoms with Crippen LogP contribution in [0, 0.1) is 5.92 Å². The number of hydrogen-bond donors (Lipinski definition) is 3. The molecular weight excluding hydrogens is 296 g/mol. The zero-order chi connectivity index (χ0) is 16.5. The van der Waals surface area contributed by atoms with Crippen LogP contribution >= 0.6 is 0 Å². The number of nitrogens with zero attached hydrogens (tertiary/aromatic N) is 2. The number of hydrogen-bond acceptors (Lipinski definition) is 4. The molecule has 1 aliphatic heterocycles. The van der Waals surface area contributed by atoms with Gasteiger partial charge in [0.05, 0.1) is 0 Å². The molecule has 1 aliphatic rings. The normalized spacial score (nSPS) is 15.2. The summed E-state index contributed by atoms with van der Waals surface area (Å²) >= 11 is 0. The largest absolute Gasteiger partial charge is 0.481 e. The summed E-state index contributed by atoms with van der Waals surface area (Å²) in [5, 5.41) is 14.1. The summed E-state index contributed by atoms with van der Waals surface area (Å²) < 4.78 is 0. The fourth-order valence-corrected chi connectivity index (χ4v) is 2.69. The van der Waals surface area contributed by atoms with Crippen LogP contribution < -0.4 is 15.5 Å². The number of carboxylic acids is 1. The lowest BCUT2D eigenvalue weighted by Gasteiger charge is -2.33. The molecular formula is C16H24N4O3. The van der Waals surface area contributed by atoms with Crippen LogP contribution in [0.1, 0.15) is 25.7 Å². The molecule has 3 N–H and O–H groups in total. The maximum Gasteiger partial charge on any atom is 0.314 e. The number of amides is 2. The molecule has 0 bridgehead atoms. The Morgan fingerprint density at radius 2 is 1.91 bits per heavy atom. The van der Waals surface area contributed by atoms with Crippen LogP contribution in [-0.4, -0.2) is 48.3 Å². The highest BCUT2D eigenvalue weighted by Crippen LogP contribution is 2.22. The average Bonchev–Trinajstić information content (AvgIpc) is 2.58. The average molecular weight is 320 g/mol. The van der Waals surface area contributed by atoms with Crippen LogP contribution in [0.5, 0.6) is 0 Å². The Kier molecular flexibility index (Phi) is 6.65. The molecule has 1 fully saturated rings. The molecule has 126 valence electrons. The zero-order valence-electron chi connectivity index (χ0n) is 13.2. The SMILES string of the molecule is O=C(O)CCCNC(=O)NCC1CCN(c2ccncc2)CC1. The van der Waals surface area contributed by atoms with Crippen molar-refractivity contribution in [3.05, 3.63) is 24.5 Å². The van der Waals surface area contributed by atoms with Crippen molar-refractivity contribution >= 4 is 17.7 Å². The third-order valence-corrected chi connectivity index (χ3v) is 4.05. The molecule has 0 atom stereocenters. The van der Waals surface area contributed by atoms with E-state index < -0.39 is 5.97 Å². The Bertz CT molecular complexity index is 501. The molecule has 7 nitrogen and oxygen atoms in total. The highest BCUT2D eigenvalue weighted by Gasteiger charge is 2.19.